The molecule has 2 unspecified atom stereocenters. The molecule has 2 rings (SSSR count). The number of ether oxygens (including phenoxy) is 1. The Bertz CT molecular complexity index is 560. The maximum atomic E-state index is 11.7. The van der Waals surface area contributed by atoms with E-state index in [1.165, 1.54) is 10.5 Å². The van der Waals surface area contributed by atoms with Crippen LogP contribution in [-0.4, -0.2) is 30.0 Å². The molecule has 0 bridgehead atoms. The zero-order valence-electron chi connectivity index (χ0n) is 14.1. The molecule has 0 spiro atoms. The van der Waals surface area contributed by atoms with Crippen molar-refractivity contribution in [2.75, 3.05) is 12.3 Å². The molecule has 23 heavy (non-hydrogen) atoms. The van der Waals surface area contributed by atoms with Gasteiger partial charge in [0.15, 0.2) is 0 Å². The number of carbonyl (C=O) groups is 1. The van der Waals surface area contributed by atoms with Crippen molar-refractivity contribution in [3.63, 3.8) is 0 Å². The van der Waals surface area contributed by atoms with Crippen molar-refractivity contribution in [3.05, 3.63) is 28.8 Å². The van der Waals surface area contributed by atoms with Gasteiger partial charge in [0.2, 0.25) is 0 Å². The van der Waals surface area contributed by atoms with Gasteiger partial charge in [-0.2, -0.15) is 0 Å². The quantitative estimate of drug-likeness (QED) is 0.840. The summed E-state index contributed by atoms with van der Waals surface area (Å²) in [6.45, 7) is 8.15. The lowest BCUT2D eigenvalue weighted by Gasteiger charge is -2.29. The molecule has 1 amide bonds. The summed E-state index contributed by atoms with van der Waals surface area (Å²) in [4.78, 5) is 13.0. The molecule has 0 fully saturated rings. The second-order valence-electron chi connectivity index (χ2n) is 6.82. The van der Waals surface area contributed by atoms with Crippen molar-refractivity contribution in [1.29, 1.82) is 0 Å². The number of benzene rings is 1. The van der Waals surface area contributed by atoms with E-state index < -0.39 is 5.60 Å². The molecule has 4 nitrogen and oxygen atoms in total. The summed E-state index contributed by atoms with van der Waals surface area (Å²) in [5.41, 5.74) is 0.773. The van der Waals surface area contributed by atoms with E-state index in [0.29, 0.717) is 6.54 Å². The fourth-order valence-corrected chi connectivity index (χ4v) is 3.78. The van der Waals surface area contributed by atoms with E-state index in [1.807, 2.05) is 44.7 Å². The van der Waals surface area contributed by atoms with Crippen LogP contribution >= 0.6 is 23.4 Å². The maximum Gasteiger partial charge on any atom is 0.407 e. The van der Waals surface area contributed by atoms with Gasteiger partial charge in [0.25, 0.3) is 0 Å². The largest absolute Gasteiger partial charge is 0.444 e. The van der Waals surface area contributed by atoms with E-state index in [9.17, 15) is 4.79 Å². The molecule has 1 aromatic rings. The van der Waals surface area contributed by atoms with Crippen LogP contribution in [0.15, 0.2) is 23.1 Å². The van der Waals surface area contributed by atoms with E-state index in [2.05, 4.69) is 23.6 Å². The number of hydrogen-bond donors (Lipinski definition) is 2. The summed E-state index contributed by atoms with van der Waals surface area (Å²) in [6, 6.07) is 6.46. The monoisotopic (exact) mass is 356 g/mol. The molecule has 0 aliphatic carbocycles. The normalized spacial score (nSPS) is 18.9. The molecule has 128 valence electrons. The second kappa shape index (κ2) is 7.77. The van der Waals surface area contributed by atoms with E-state index in [4.69, 9.17) is 16.3 Å². The van der Waals surface area contributed by atoms with Crippen molar-refractivity contribution >= 4 is 29.5 Å². The summed E-state index contributed by atoms with van der Waals surface area (Å²) in [5, 5.41) is 7.15. The van der Waals surface area contributed by atoms with Crippen LogP contribution in [0.3, 0.4) is 0 Å². The maximum absolute atomic E-state index is 11.7. The predicted molar refractivity (Wildman–Crippen MR) is 96.4 cm³/mol. The molecule has 2 atom stereocenters. The number of carbonyl (C=O) groups excluding carboxylic acids is 1. The van der Waals surface area contributed by atoms with Crippen molar-refractivity contribution in [3.8, 4) is 0 Å². The highest BCUT2D eigenvalue weighted by molar-refractivity contribution is 7.99. The Morgan fingerprint density at radius 2 is 2.22 bits per heavy atom. The van der Waals surface area contributed by atoms with Crippen molar-refractivity contribution in [1.82, 2.24) is 10.6 Å². The van der Waals surface area contributed by atoms with Crippen LogP contribution < -0.4 is 10.6 Å². The Morgan fingerprint density at radius 3 is 2.91 bits per heavy atom. The second-order valence-corrected chi connectivity index (χ2v) is 8.40. The molecule has 1 aliphatic heterocycles. The first-order valence-electron chi connectivity index (χ1n) is 7.90. The lowest BCUT2D eigenvalue weighted by Crippen LogP contribution is -2.42. The topological polar surface area (TPSA) is 50.4 Å². The number of fused-ring (bicyclic) bond motifs is 1. The van der Waals surface area contributed by atoms with Crippen LogP contribution in [0, 0.1) is 0 Å². The highest BCUT2D eigenvalue weighted by atomic mass is 35.5. The Balaban J connectivity index is 1.88. The SMILES string of the molecule is CC(CNC(=O)OC(C)(C)C)NC1CCSc2ccc(Cl)cc21. The van der Waals surface area contributed by atoms with E-state index >= 15 is 0 Å². The van der Waals surface area contributed by atoms with Gasteiger partial charge in [-0.25, -0.2) is 4.79 Å². The van der Waals surface area contributed by atoms with Gasteiger partial charge < -0.3 is 15.4 Å². The van der Waals surface area contributed by atoms with Crippen molar-refractivity contribution in [2.24, 2.45) is 0 Å². The van der Waals surface area contributed by atoms with Crippen LogP contribution in [0.4, 0.5) is 4.79 Å². The summed E-state index contributed by atoms with van der Waals surface area (Å²) < 4.78 is 5.25. The Hall–Kier alpha value is -0.910. The first kappa shape index (κ1) is 18.4. The molecule has 1 heterocycles. The Labute approximate surface area is 147 Å². The molecule has 1 aromatic carbocycles. The van der Waals surface area contributed by atoms with Crippen LogP contribution in [-0.2, 0) is 4.74 Å². The number of halogens is 1. The van der Waals surface area contributed by atoms with Gasteiger partial charge in [0, 0.05) is 28.5 Å². The molecule has 6 heteroatoms. The molecular weight excluding hydrogens is 332 g/mol. The van der Waals surface area contributed by atoms with Gasteiger partial charge >= 0.3 is 6.09 Å². The van der Waals surface area contributed by atoms with Crippen LogP contribution in [0.2, 0.25) is 5.02 Å². The van der Waals surface area contributed by atoms with E-state index in [1.54, 1.807) is 0 Å². The smallest absolute Gasteiger partial charge is 0.407 e. The van der Waals surface area contributed by atoms with Crippen LogP contribution in [0.25, 0.3) is 0 Å². The Kier molecular flexibility index (Phi) is 6.23. The number of rotatable bonds is 4. The number of hydrogen-bond acceptors (Lipinski definition) is 4. The molecule has 1 aliphatic rings. The zero-order chi connectivity index (χ0) is 17.0. The summed E-state index contributed by atoms with van der Waals surface area (Å²) >= 11 is 8.00. The molecule has 0 saturated heterocycles. The van der Waals surface area contributed by atoms with Crippen molar-refractivity contribution < 1.29 is 9.53 Å². The average Bonchev–Trinajstić information content (AvgIpc) is 2.44. The third kappa shape index (κ3) is 5.90. The highest BCUT2D eigenvalue weighted by Crippen LogP contribution is 2.37. The third-order valence-electron chi connectivity index (χ3n) is 3.45. The summed E-state index contributed by atoms with van der Waals surface area (Å²) in [6.07, 6.45) is 0.670. The van der Waals surface area contributed by atoms with Gasteiger partial charge in [-0.15, -0.1) is 11.8 Å². The minimum Gasteiger partial charge on any atom is -0.444 e. The van der Waals surface area contributed by atoms with Gasteiger partial charge in [-0.3, -0.25) is 0 Å². The standard InChI is InChI=1S/C17H25ClN2O2S/c1-11(10-19-16(21)22-17(2,3)4)20-14-7-8-23-15-6-5-12(18)9-13(14)15/h5-6,9,11,14,20H,7-8,10H2,1-4H3,(H,19,21). The van der Waals surface area contributed by atoms with E-state index in [-0.39, 0.29) is 18.2 Å². The predicted octanol–water partition coefficient (Wildman–Crippen LogP) is 4.38. The van der Waals surface area contributed by atoms with Crippen LogP contribution in [0.1, 0.15) is 45.7 Å². The summed E-state index contributed by atoms with van der Waals surface area (Å²) in [7, 11) is 0. The van der Waals surface area contributed by atoms with Gasteiger partial charge in [-0.1, -0.05) is 11.6 Å². The van der Waals surface area contributed by atoms with E-state index in [0.717, 1.165) is 17.2 Å². The summed E-state index contributed by atoms with van der Waals surface area (Å²) in [5.74, 6) is 1.08. The molecular formula is C17H25ClN2O2S. The Morgan fingerprint density at radius 1 is 1.48 bits per heavy atom. The molecule has 0 aromatic heterocycles. The first-order chi connectivity index (χ1) is 10.7. The fourth-order valence-electron chi connectivity index (χ4n) is 2.49. The number of amides is 1. The average molecular weight is 357 g/mol. The molecule has 0 radical (unpaired) electrons. The lowest BCUT2D eigenvalue weighted by atomic mass is 10.0. The highest BCUT2D eigenvalue weighted by Gasteiger charge is 2.23. The van der Waals surface area contributed by atoms with Gasteiger partial charge in [-0.05, 0) is 63.6 Å². The van der Waals surface area contributed by atoms with Crippen LogP contribution in [0.5, 0.6) is 0 Å². The third-order valence-corrected chi connectivity index (χ3v) is 4.81. The van der Waals surface area contributed by atoms with Gasteiger partial charge in [0.1, 0.15) is 5.60 Å². The minimum atomic E-state index is -0.475. The first-order valence-corrected chi connectivity index (χ1v) is 9.26. The fraction of sp³-hybridized carbons (Fsp3) is 0.588. The minimum absolute atomic E-state index is 0.141. The molecule has 0 saturated carbocycles. The number of alkyl carbamates (subject to hydrolysis) is 1. The number of nitrogens with one attached hydrogen (secondary N) is 2. The molecule has 2 N–H and O–H groups in total. The number of thioether (sulfide) groups is 1. The lowest BCUT2D eigenvalue weighted by molar-refractivity contribution is 0.0522. The van der Waals surface area contributed by atoms with Crippen molar-refractivity contribution in [2.45, 2.75) is 56.7 Å². The zero-order valence-corrected chi connectivity index (χ0v) is 15.7. The van der Waals surface area contributed by atoms with Gasteiger partial charge in [0.05, 0.1) is 0 Å².